The molecule has 0 spiro atoms. The first-order chi connectivity index (χ1) is 6.31. The van der Waals surface area contributed by atoms with E-state index >= 15 is 0 Å². The molecular weight excluding hydrogens is 266 g/mol. The minimum atomic E-state index is 0.633. The zero-order chi connectivity index (χ0) is 9.26. The van der Waals surface area contributed by atoms with Gasteiger partial charge in [0.1, 0.15) is 0 Å². The first-order valence-electron chi connectivity index (χ1n) is 3.83. The van der Waals surface area contributed by atoms with Gasteiger partial charge in [-0.3, -0.25) is 0 Å². The topological polar surface area (TPSA) is 26.0 Å². The molecule has 0 unspecified atom stereocenters. The lowest BCUT2D eigenvalue weighted by atomic mass is 10.4. The van der Waals surface area contributed by atoms with Crippen molar-refractivity contribution in [1.29, 1.82) is 0 Å². The Hall–Kier alpha value is -0.160. The molecule has 0 bridgehead atoms. The van der Waals surface area contributed by atoms with Crippen LogP contribution in [0.5, 0.6) is 0 Å². The molecule has 0 radical (unpaired) electrons. The van der Waals surface area contributed by atoms with E-state index in [2.05, 4.69) is 39.5 Å². The molecule has 0 atom stereocenters. The first-order valence-corrected chi connectivity index (χ1v) is 6.32. The van der Waals surface area contributed by atoms with E-state index in [1.807, 2.05) is 0 Å². The van der Waals surface area contributed by atoms with Crippen molar-refractivity contribution in [3.05, 3.63) is 32.9 Å². The Morgan fingerprint density at radius 3 is 2.69 bits per heavy atom. The molecule has 2 rings (SSSR count). The summed E-state index contributed by atoms with van der Waals surface area (Å²) in [5.74, 6) is 0. The summed E-state index contributed by atoms with van der Waals surface area (Å²) in [6, 6.07) is 6.29. The van der Waals surface area contributed by atoms with Gasteiger partial charge in [-0.2, -0.15) is 0 Å². The maximum Gasteiger partial charge on any atom is 0.0584 e. The van der Waals surface area contributed by atoms with Crippen LogP contribution in [0.2, 0.25) is 0 Å². The molecule has 68 valence electrons. The number of thiophene rings is 2. The molecule has 2 N–H and O–H groups in total. The highest BCUT2D eigenvalue weighted by atomic mass is 79.9. The van der Waals surface area contributed by atoms with Crippen LogP contribution in [0.3, 0.4) is 0 Å². The minimum Gasteiger partial charge on any atom is -0.326 e. The lowest BCUT2D eigenvalue weighted by molar-refractivity contribution is 1.11. The average molecular weight is 274 g/mol. The lowest BCUT2D eigenvalue weighted by Gasteiger charge is -1.91. The average Bonchev–Trinajstić information content (AvgIpc) is 2.71. The van der Waals surface area contributed by atoms with Crippen LogP contribution in [0.1, 0.15) is 4.88 Å². The van der Waals surface area contributed by atoms with E-state index in [-0.39, 0.29) is 0 Å². The van der Waals surface area contributed by atoms with E-state index in [1.54, 1.807) is 22.7 Å². The number of rotatable bonds is 2. The molecule has 0 amide bonds. The van der Waals surface area contributed by atoms with Crippen molar-refractivity contribution in [1.82, 2.24) is 0 Å². The van der Waals surface area contributed by atoms with E-state index in [4.69, 9.17) is 5.73 Å². The summed E-state index contributed by atoms with van der Waals surface area (Å²) in [7, 11) is 0. The smallest absolute Gasteiger partial charge is 0.0584 e. The van der Waals surface area contributed by atoms with Gasteiger partial charge >= 0.3 is 0 Å². The number of hydrogen-bond acceptors (Lipinski definition) is 3. The molecular formula is C9H8BrNS2. The highest BCUT2D eigenvalue weighted by molar-refractivity contribution is 9.10. The molecule has 0 aliphatic heterocycles. The monoisotopic (exact) mass is 273 g/mol. The molecule has 4 heteroatoms. The zero-order valence-corrected chi connectivity index (χ0v) is 10.0. The summed E-state index contributed by atoms with van der Waals surface area (Å²) in [5, 5.41) is 2.08. The molecule has 2 heterocycles. The Morgan fingerprint density at radius 2 is 2.15 bits per heavy atom. The van der Waals surface area contributed by atoms with Crippen molar-refractivity contribution >= 4 is 38.6 Å². The maximum absolute atomic E-state index is 5.56. The minimum absolute atomic E-state index is 0.633. The van der Waals surface area contributed by atoms with Gasteiger partial charge in [0.15, 0.2) is 0 Å². The summed E-state index contributed by atoms with van der Waals surface area (Å²) in [6.07, 6.45) is 0. The fourth-order valence-corrected chi connectivity index (χ4v) is 3.83. The molecule has 0 aliphatic carbocycles. The third kappa shape index (κ3) is 1.86. The van der Waals surface area contributed by atoms with Crippen LogP contribution in [0.4, 0.5) is 0 Å². The van der Waals surface area contributed by atoms with Gasteiger partial charge in [-0.1, -0.05) is 0 Å². The lowest BCUT2D eigenvalue weighted by Crippen LogP contribution is -1.90. The van der Waals surface area contributed by atoms with Gasteiger partial charge in [-0.05, 0) is 39.5 Å². The third-order valence-corrected chi connectivity index (χ3v) is 4.83. The molecule has 0 fully saturated rings. The van der Waals surface area contributed by atoms with E-state index < -0.39 is 0 Å². The summed E-state index contributed by atoms with van der Waals surface area (Å²) in [6.45, 7) is 0.633. The van der Waals surface area contributed by atoms with E-state index in [1.165, 1.54) is 19.1 Å². The van der Waals surface area contributed by atoms with Crippen molar-refractivity contribution in [2.24, 2.45) is 5.73 Å². The molecule has 13 heavy (non-hydrogen) atoms. The Balaban J connectivity index is 2.41. The highest BCUT2D eigenvalue weighted by Gasteiger charge is 2.06. The molecule has 2 aromatic rings. The summed E-state index contributed by atoms with van der Waals surface area (Å²) >= 11 is 7.03. The van der Waals surface area contributed by atoms with E-state index in [9.17, 15) is 0 Å². The van der Waals surface area contributed by atoms with Gasteiger partial charge in [0, 0.05) is 20.8 Å². The molecule has 0 aliphatic rings. The molecule has 1 nitrogen and oxygen atoms in total. The number of nitrogens with two attached hydrogens (primary N) is 1. The van der Waals surface area contributed by atoms with Gasteiger partial charge in [0.05, 0.1) is 4.88 Å². The summed E-state index contributed by atoms with van der Waals surface area (Å²) in [4.78, 5) is 3.82. The SMILES string of the molecule is NCc1ccc(-c2sccc2Br)s1. The van der Waals surface area contributed by atoms with Crippen molar-refractivity contribution < 1.29 is 0 Å². The van der Waals surface area contributed by atoms with Gasteiger partial charge in [-0.25, -0.2) is 0 Å². The predicted molar refractivity (Wildman–Crippen MR) is 63.2 cm³/mol. The second kappa shape index (κ2) is 3.92. The molecule has 0 saturated heterocycles. The second-order valence-corrected chi connectivity index (χ2v) is 5.51. The van der Waals surface area contributed by atoms with Crippen LogP contribution in [0.25, 0.3) is 9.75 Å². The number of halogens is 1. The Bertz CT molecular complexity index is 405. The van der Waals surface area contributed by atoms with Crippen molar-refractivity contribution in [3.63, 3.8) is 0 Å². The second-order valence-electron chi connectivity index (χ2n) is 2.57. The van der Waals surface area contributed by atoms with Crippen molar-refractivity contribution in [3.8, 4) is 9.75 Å². The Labute approximate surface area is 93.3 Å². The molecule has 2 aromatic heterocycles. The zero-order valence-electron chi connectivity index (χ0n) is 6.79. The number of hydrogen-bond donors (Lipinski definition) is 1. The van der Waals surface area contributed by atoms with E-state index in [0.717, 1.165) is 0 Å². The fourth-order valence-electron chi connectivity index (χ4n) is 1.08. The predicted octanol–water partition coefficient (Wildman–Crippen LogP) is 3.70. The molecule has 0 saturated carbocycles. The normalized spacial score (nSPS) is 10.6. The fraction of sp³-hybridized carbons (Fsp3) is 0.111. The van der Waals surface area contributed by atoms with Gasteiger partial charge < -0.3 is 5.73 Å². The quantitative estimate of drug-likeness (QED) is 0.887. The van der Waals surface area contributed by atoms with E-state index in [0.29, 0.717) is 6.54 Å². The first kappa shape index (κ1) is 9.40. The molecule has 0 aromatic carbocycles. The largest absolute Gasteiger partial charge is 0.326 e. The van der Waals surface area contributed by atoms with Crippen LogP contribution in [0.15, 0.2) is 28.1 Å². The van der Waals surface area contributed by atoms with Crippen LogP contribution in [-0.4, -0.2) is 0 Å². The standard InChI is InChI=1S/C9H8BrNS2/c10-7-3-4-12-9(7)8-2-1-6(5-11)13-8/h1-4H,5,11H2. The summed E-state index contributed by atoms with van der Waals surface area (Å²) < 4.78 is 1.17. The van der Waals surface area contributed by atoms with Crippen LogP contribution in [-0.2, 0) is 6.54 Å². The van der Waals surface area contributed by atoms with Gasteiger partial charge in [0.25, 0.3) is 0 Å². The van der Waals surface area contributed by atoms with Gasteiger partial charge in [-0.15, -0.1) is 22.7 Å². The Kier molecular flexibility index (Phi) is 2.83. The van der Waals surface area contributed by atoms with Crippen LogP contribution >= 0.6 is 38.6 Å². The highest BCUT2D eigenvalue weighted by Crippen LogP contribution is 2.37. The van der Waals surface area contributed by atoms with Gasteiger partial charge in [0.2, 0.25) is 0 Å². The van der Waals surface area contributed by atoms with Crippen molar-refractivity contribution in [2.75, 3.05) is 0 Å². The van der Waals surface area contributed by atoms with Crippen molar-refractivity contribution in [2.45, 2.75) is 6.54 Å². The maximum atomic E-state index is 5.56. The van der Waals surface area contributed by atoms with Crippen LogP contribution < -0.4 is 5.73 Å². The third-order valence-electron chi connectivity index (χ3n) is 1.70. The Morgan fingerprint density at radius 1 is 1.31 bits per heavy atom. The summed E-state index contributed by atoms with van der Waals surface area (Å²) in [5.41, 5.74) is 5.56. The van der Waals surface area contributed by atoms with Crippen LogP contribution in [0, 0.1) is 0 Å².